The van der Waals surface area contributed by atoms with Gasteiger partial charge in [0.2, 0.25) is 11.8 Å². The Morgan fingerprint density at radius 3 is 2.69 bits per heavy atom. The first kappa shape index (κ1) is 11.5. The zero-order valence-electron chi connectivity index (χ0n) is 9.66. The third-order valence-corrected chi connectivity index (χ3v) is 3.19. The first-order valence-electron chi connectivity index (χ1n) is 5.97. The summed E-state index contributed by atoms with van der Waals surface area (Å²) < 4.78 is 0. The average Bonchev–Trinajstić information content (AvgIpc) is 2.78. The Labute approximate surface area is 95.6 Å². The molecule has 2 saturated heterocycles. The maximum Gasteiger partial charge on any atom is 0.244 e. The van der Waals surface area contributed by atoms with Gasteiger partial charge in [0, 0.05) is 12.6 Å². The molecule has 0 saturated carbocycles. The van der Waals surface area contributed by atoms with Gasteiger partial charge in [-0.25, -0.2) is 0 Å². The van der Waals surface area contributed by atoms with Crippen LogP contribution < -0.4 is 10.6 Å². The largest absolute Gasteiger partial charge is 0.302 e. The summed E-state index contributed by atoms with van der Waals surface area (Å²) in [6.07, 6.45) is 2.83. The highest BCUT2D eigenvalue weighted by molar-refractivity contribution is 6.05. The van der Waals surface area contributed by atoms with Crippen LogP contribution in [0.5, 0.6) is 0 Å². The summed E-state index contributed by atoms with van der Waals surface area (Å²) >= 11 is 0. The van der Waals surface area contributed by atoms with Crippen LogP contribution in [0.2, 0.25) is 0 Å². The van der Waals surface area contributed by atoms with Crippen molar-refractivity contribution in [3.05, 3.63) is 0 Å². The van der Waals surface area contributed by atoms with Gasteiger partial charge in [-0.1, -0.05) is 0 Å². The van der Waals surface area contributed by atoms with Crippen LogP contribution in [0.25, 0.3) is 0 Å². The number of amides is 2. The Hall–Kier alpha value is -0.940. The molecule has 2 atom stereocenters. The molecule has 2 N–H and O–H groups in total. The maximum absolute atomic E-state index is 11.3. The number of rotatable bonds is 4. The standard InChI is InChI=1S/C11H19N3O2/c1-8(7-14-4-2-3-5-14)12-9-6-10(15)13-11(9)16/h8-9,12H,2-7H2,1H3,(H,13,15,16). The fourth-order valence-corrected chi connectivity index (χ4v) is 2.44. The quantitative estimate of drug-likeness (QED) is 0.632. The van der Waals surface area contributed by atoms with Crippen molar-refractivity contribution in [2.75, 3.05) is 19.6 Å². The summed E-state index contributed by atoms with van der Waals surface area (Å²) in [5.41, 5.74) is 0. The fraction of sp³-hybridized carbons (Fsp3) is 0.818. The Morgan fingerprint density at radius 1 is 1.44 bits per heavy atom. The minimum atomic E-state index is -0.329. The third-order valence-electron chi connectivity index (χ3n) is 3.19. The Balaban J connectivity index is 1.75. The van der Waals surface area contributed by atoms with Gasteiger partial charge in [0.25, 0.3) is 0 Å². The molecule has 2 heterocycles. The number of nitrogens with zero attached hydrogens (tertiary/aromatic N) is 1. The van der Waals surface area contributed by atoms with Gasteiger partial charge in [0.05, 0.1) is 12.5 Å². The van der Waals surface area contributed by atoms with Crippen LogP contribution in [0, 0.1) is 0 Å². The molecule has 16 heavy (non-hydrogen) atoms. The van der Waals surface area contributed by atoms with E-state index in [1.165, 1.54) is 12.8 Å². The summed E-state index contributed by atoms with van der Waals surface area (Å²) in [5.74, 6) is -0.353. The highest BCUT2D eigenvalue weighted by Gasteiger charge is 2.31. The van der Waals surface area contributed by atoms with Gasteiger partial charge in [0.15, 0.2) is 0 Å². The number of hydrogen-bond acceptors (Lipinski definition) is 4. The number of nitrogens with one attached hydrogen (secondary N) is 2. The smallest absolute Gasteiger partial charge is 0.244 e. The van der Waals surface area contributed by atoms with Gasteiger partial charge >= 0.3 is 0 Å². The van der Waals surface area contributed by atoms with E-state index in [0.29, 0.717) is 0 Å². The van der Waals surface area contributed by atoms with E-state index in [-0.39, 0.29) is 30.3 Å². The molecule has 0 radical (unpaired) electrons. The summed E-state index contributed by atoms with van der Waals surface area (Å²) in [6, 6.07) is -0.0788. The molecular formula is C11H19N3O2. The molecule has 0 aromatic carbocycles. The molecule has 0 aliphatic carbocycles. The molecule has 5 nitrogen and oxygen atoms in total. The van der Waals surface area contributed by atoms with Crippen molar-refractivity contribution >= 4 is 11.8 Å². The SMILES string of the molecule is CC(CN1CCCC1)NC1CC(=O)NC1=O. The van der Waals surface area contributed by atoms with Gasteiger partial charge < -0.3 is 10.2 Å². The summed E-state index contributed by atoms with van der Waals surface area (Å²) in [4.78, 5) is 24.8. The van der Waals surface area contributed by atoms with E-state index in [0.717, 1.165) is 19.6 Å². The van der Waals surface area contributed by atoms with Crippen molar-refractivity contribution in [2.45, 2.75) is 38.3 Å². The van der Waals surface area contributed by atoms with E-state index < -0.39 is 0 Å². The van der Waals surface area contributed by atoms with E-state index >= 15 is 0 Å². The van der Waals surface area contributed by atoms with Gasteiger partial charge in [0.1, 0.15) is 0 Å². The molecular weight excluding hydrogens is 206 g/mol. The first-order chi connectivity index (χ1) is 7.65. The van der Waals surface area contributed by atoms with Crippen molar-refractivity contribution in [3.63, 3.8) is 0 Å². The maximum atomic E-state index is 11.3. The van der Waals surface area contributed by atoms with Crippen LogP contribution >= 0.6 is 0 Å². The Morgan fingerprint density at radius 2 is 2.12 bits per heavy atom. The van der Waals surface area contributed by atoms with Gasteiger partial charge in [-0.3, -0.25) is 14.9 Å². The average molecular weight is 225 g/mol. The molecule has 2 aliphatic heterocycles. The zero-order valence-corrected chi connectivity index (χ0v) is 9.66. The van der Waals surface area contributed by atoms with Crippen molar-refractivity contribution in [1.82, 2.24) is 15.5 Å². The molecule has 5 heteroatoms. The molecule has 0 aromatic rings. The molecule has 2 unspecified atom stereocenters. The Kier molecular flexibility index (Phi) is 3.56. The van der Waals surface area contributed by atoms with Gasteiger partial charge in [-0.15, -0.1) is 0 Å². The van der Waals surface area contributed by atoms with Crippen molar-refractivity contribution < 1.29 is 9.59 Å². The molecule has 2 fully saturated rings. The second kappa shape index (κ2) is 4.93. The lowest BCUT2D eigenvalue weighted by molar-refractivity contribution is -0.125. The number of hydrogen-bond donors (Lipinski definition) is 2. The highest BCUT2D eigenvalue weighted by atomic mass is 16.2. The second-order valence-corrected chi connectivity index (χ2v) is 4.74. The minimum absolute atomic E-state index is 0.170. The lowest BCUT2D eigenvalue weighted by Crippen LogP contribution is -2.46. The lowest BCUT2D eigenvalue weighted by Gasteiger charge is -2.23. The fourth-order valence-electron chi connectivity index (χ4n) is 2.44. The predicted molar refractivity (Wildman–Crippen MR) is 59.8 cm³/mol. The zero-order chi connectivity index (χ0) is 11.5. The first-order valence-corrected chi connectivity index (χ1v) is 5.97. The van der Waals surface area contributed by atoms with Crippen LogP contribution in [0.15, 0.2) is 0 Å². The third kappa shape index (κ3) is 2.80. The lowest BCUT2D eigenvalue weighted by atomic mass is 10.2. The van der Waals surface area contributed by atoms with Gasteiger partial charge in [-0.2, -0.15) is 0 Å². The molecule has 0 aromatic heterocycles. The second-order valence-electron chi connectivity index (χ2n) is 4.74. The topological polar surface area (TPSA) is 61.4 Å². The molecule has 90 valence electrons. The molecule has 0 bridgehead atoms. The van der Waals surface area contributed by atoms with E-state index in [1.807, 2.05) is 0 Å². The predicted octanol–water partition coefficient (Wildman–Crippen LogP) is -0.525. The molecule has 2 aliphatic rings. The monoisotopic (exact) mass is 225 g/mol. The molecule has 0 spiro atoms. The van der Waals surface area contributed by atoms with E-state index in [2.05, 4.69) is 22.5 Å². The van der Waals surface area contributed by atoms with Crippen molar-refractivity contribution in [2.24, 2.45) is 0 Å². The van der Waals surface area contributed by atoms with E-state index in [9.17, 15) is 9.59 Å². The van der Waals surface area contributed by atoms with Crippen LogP contribution in [-0.4, -0.2) is 48.4 Å². The number of carbonyl (C=O) groups is 2. The van der Waals surface area contributed by atoms with Crippen LogP contribution in [0.4, 0.5) is 0 Å². The summed E-state index contributed by atoms with van der Waals surface area (Å²) in [7, 11) is 0. The van der Waals surface area contributed by atoms with Gasteiger partial charge in [-0.05, 0) is 32.9 Å². The van der Waals surface area contributed by atoms with Crippen LogP contribution in [0.3, 0.4) is 0 Å². The highest BCUT2D eigenvalue weighted by Crippen LogP contribution is 2.09. The summed E-state index contributed by atoms with van der Waals surface area (Å²) in [5, 5.41) is 5.52. The number of imide groups is 1. The van der Waals surface area contributed by atoms with Crippen molar-refractivity contribution in [3.8, 4) is 0 Å². The normalized spacial score (nSPS) is 28.4. The van der Waals surface area contributed by atoms with E-state index in [4.69, 9.17) is 0 Å². The molecule has 2 rings (SSSR count). The van der Waals surface area contributed by atoms with Crippen molar-refractivity contribution in [1.29, 1.82) is 0 Å². The van der Waals surface area contributed by atoms with Crippen LogP contribution in [-0.2, 0) is 9.59 Å². The number of likely N-dealkylation sites (tertiary alicyclic amines) is 1. The molecule has 2 amide bonds. The van der Waals surface area contributed by atoms with E-state index in [1.54, 1.807) is 0 Å². The number of carbonyl (C=O) groups excluding carboxylic acids is 2. The van der Waals surface area contributed by atoms with Crippen LogP contribution in [0.1, 0.15) is 26.2 Å². The summed E-state index contributed by atoms with van der Waals surface area (Å²) in [6.45, 7) is 5.33. The Bertz CT molecular complexity index is 287. The minimum Gasteiger partial charge on any atom is -0.302 e.